The van der Waals surface area contributed by atoms with Gasteiger partial charge >= 0.3 is 11.9 Å². The van der Waals surface area contributed by atoms with Crippen LogP contribution in [0.1, 0.15) is 39.5 Å². The molecule has 1 rings (SSSR count). The first-order chi connectivity index (χ1) is 13.3. The van der Waals surface area contributed by atoms with E-state index in [9.17, 15) is 9.59 Å². The Kier molecular flexibility index (Phi) is 10.7. The zero-order valence-electron chi connectivity index (χ0n) is 16.4. The van der Waals surface area contributed by atoms with Gasteiger partial charge in [0.15, 0.2) is 6.61 Å². The minimum atomic E-state index is -0.729. The topological polar surface area (TPSA) is 61.8 Å². The van der Waals surface area contributed by atoms with Crippen molar-refractivity contribution >= 4 is 35.1 Å². The summed E-state index contributed by atoms with van der Waals surface area (Å²) in [6.07, 6.45) is 4.11. The summed E-state index contributed by atoms with van der Waals surface area (Å²) in [6.45, 7) is 7.36. The van der Waals surface area contributed by atoms with Crippen LogP contribution in [0.15, 0.2) is 42.0 Å². The highest BCUT2D eigenvalue weighted by atomic mass is 35.5. The largest absolute Gasteiger partial charge is 0.480 e. The number of unbranched alkanes of at least 4 members (excludes halogenated alkanes) is 2. The van der Waals surface area contributed by atoms with Crippen molar-refractivity contribution in [1.29, 1.82) is 0 Å². The van der Waals surface area contributed by atoms with Gasteiger partial charge < -0.3 is 14.2 Å². The molecule has 0 bridgehead atoms. The summed E-state index contributed by atoms with van der Waals surface area (Å²) in [5.41, 5.74) is 1.25. The second-order valence-corrected chi connectivity index (χ2v) is 7.12. The van der Waals surface area contributed by atoms with Crippen LogP contribution in [0.4, 0.5) is 0 Å². The number of halogens is 2. The van der Waals surface area contributed by atoms with Gasteiger partial charge in [-0.2, -0.15) is 0 Å². The van der Waals surface area contributed by atoms with Crippen molar-refractivity contribution in [2.75, 3.05) is 13.7 Å². The summed E-state index contributed by atoms with van der Waals surface area (Å²) in [5.74, 6) is -0.786. The van der Waals surface area contributed by atoms with Gasteiger partial charge in [-0.05, 0) is 49.1 Å². The Morgan fingerprint density at radius 2 is 1.96 bits per heavy atom. The van der Waals surface area contributed by atoms with Crippen molar-refractivity contribution in [2.45, 2.75) is 45.6 Å². The summed E-state index contributed by atoms with van der Waals surface area (Å²) < 4.78 is 15.7. The number of benzene rings is 1. The Balaban J connectivity index is 2.83. The first-order valence-corrected chi connectivity index (χ1v) is 9.75. The Bertz CT molecular complexity index is 728. The molecule has 1 aromatic rings. The monoisotopic (exact) mass is 428 g/mol. The molecule has 7 heteroatoms. The van der Waals surface area contributed by atoms with E-state index in [0.29, 0.717) is 33.4 Å². The van der Waals surface area contributed by atoms with Crippen LogP contribution in [-0.4, -0.2) is 31.8 Å². The molecule has 0 N–H and O–H groups in total. The van der Waals surface area contributed by atoms with Gasteiger partial charge in [-0.1, -0.05) is 49.5 Å². The standard InChI is InChI=1S/C21H26Cl2O5/c1-5-6-7-8-15(11-19(24)26-4)21(14(2)3)28-20(25)13-27-18-10-9-16(22)12-17(18)23/h9-12,21H,2,5-8,13H2,1,3-4H3/b15-11+. The summed E-state index contributed by atoms with van der Waals surface area (Å²) >= 11 is 11.9. The molecule has 0 fully saturated rings. The van der Waals surface area contributed by atoms with Gasteiger partial charge in [-0.3, -0.25) is 0 Å². The Morgan fingerprint density at radius 3 is 2.54 bits per heavy atom. The van der Waals surface area contributed by atoms with E-state index >= 15 is 0 Å². The number of carbonyl (C=O) groups is 2. The maximum atomic E-state index is 12.3. The van der Waals surface area contributed by atoms with Gasteiger partial charge in [-0.15, -0.1) is 0 Å². The number of methoxy groups -OCH3 is 1. The maximum Gasteiger partial charge on any atom is 0.345 e. The van der Waals surface area contributed by atoms with E-state index in [2.05, 4.69) is 13.5 Å². The molecule has 0 radical (unpaired) electrons. The van der Waals surface area contributed by atoms with E-state index in [-0.39, 0.29) is 6.61 Å². The van der Waals surface area contributed by atoms with Gasteiger partial charge in [0, 0.05) is 11.1 Å². The van der Waals surface area contributed by atoms with Crippen LogP contribution in [0, 0.1) is 0 Å². The molecule has 0 spiro atoms. The second-order valence-electron chi connectivity index (χ2n) is 6.28. The number of hydrogen-bond acceptors (Lipinski definition) is 5. The number of hydrogen-bond donors (Lipinski definition) is 0. The van der Waals surface area contributed by atoms with Crippen molar-refractivity contribution < 1.29 is 23.8 Å². The molecule has 0 aliphatic rings. The zero-order valence-corrected chi connectivity index (χ0v) is 17.9. The number of ether oxygens (including phenoxy) is 3. The molecular formula is C21H26Cl2O5. The fraction of sp³-hybridized carbons (Fsp3) is 0.429. The van der Waals surface area contributed by atoms with Crippen molar-refractivity contribution in [3.05, 3.63) is 52.0 Å². The molecule has 0 aromatic heterocycles. The SMILES string of the molecule is C=C(C)C(OC(=O)COc1ccc(Cl)cc1Cl)/C(=C/C(=O)OC)CCCCC. The Hall–Kier alpha value is -1.98. The molecule has 0 aliphatic carbocycles. The van der Waals surface area contributed by atoms with Crippen LogP contribution < -0.4 is 4.74 Å². The van der Waals surface area contributed by atoms with Crippen LogP contribution in [0.2, 0.25) is 10.0 Å². The first-order valence-electron chi connectivity index (χ1n) is 8.99. The molecule has 154 valence electrons. The van der Waals surface area contributed by atoms with Crippen LogP contribution in [0.25, 0.3) is 0 Å². The molecule has 5 nitrogen and oxygen atoms in total. The Morgan fingerprint density at radius 1 is 1.25 bits per heavy atom. The van der Waals surface area contributed by atoms with E-state index < -0.39 is 18.0 Å². The molecule has 1 unspecified atom stereocenters. The van der Waals surface area contributed by atoms with Gasteiger partial charge in [0.1, 0.15) is 11.9 Å². The highest BCUT2D eigenvalue weighted by molar-refractivity contribution is 6.35. The van der Waals surface area contributed by atoms with Crippen LogP contribution >= 0.6 is 23.2 Å². The molecule has 1 atom stereocenters. The molecule has 0 aliphatic heterocycles. The Labute approximate surface area is 176 Å². The van der Waals surface area contributed by atoms with E-state index in [0.717, 1.165) is 19.3 Å². The van der Waals surface area contributed by atoms with E-state index in [1.165, 1.54) is 19.3 Å². The van der Waals surface area contributed by atoms with Gasteiger partial charge in [0.25, 0.3) is 0 Å². The van der Waals surface area contributed by atoms with Crippen molar-refractivity contribution in [3.63, 3.8) is 0 Å². The molecule has 0 saturated carbocycles. The first kappa shape index (κ1) is 24.1. The maximum absolute atomic E-state index is 12.3. The fourth-order valence-electron chi connectivity index (χ4n) is 2.46. The molecular weight excluding hydrogens is 403 g/mol. The minimum Gasteiger partial charge on any atom is -0.480 e. The summed E-state index contributed by atoms with van der Waals surface area (Å²) in [5, 5.41) is 0.759. The van der Waals surface area contributed by atoms with Crippen LogP contribution in [0.3, 0.4) is 0 Å². The summed E-state index contributed by atoms with van der Waals surface area (Å²) in [6, 6.07) is 4.70. The number of esters is 2. The second kappa shape index (κ2) is 12.5. The molecule has 28 heavy (non-hydrogen) atoms. The lowest BCUT2D eigenvalue weighted by Gasteiger charge is -2.21. The molecule has 0 saturated heterocycles. The fourth-order valence-corrected chi connectivity index (χ4v) is 2.92. The molecule has 1 aromatic carbocycles. The minimum absolute atomic E-state index is 0.294. The molecule has 0 heterocycles. The predicted octanol–water partition coefficient (Wildman–Crippen LogP) is 5.54. The lowest BCUT2D eigenvalue weighted by atomic mass is 9.97. The lowest BCUT2D eigenvalue weighted by Crippen LogP contribution is -2.26. The quantitative estimate of drug-likeness (QED) is 0.200. The van der Waals surface area contributed by atoms with E-state index in [1.54, 1.807) is 19.1 Å². The highest BCUT2D eigenvalue weighted by Crippen LogP contribution is 2.27. The number of rotatable bonds is 11. The average Bonchev–Trinajstić information content (AvgIpc) is 2.64. The van der Waals surface area contributed by atoms with E-state index in [1.807, 2.05) is 0 Å². The third kappa shape index (κ3) is 8.36. The summed E-state index contributed by atoms with van der Waals surface area (Å²) in [7, 11) is 1.30. The molecule has 0 amide bonds. The third-order valence-electron chi connectivity index (χ3n) is 3.85. The van der Waals surface area contributed by atoms with Gasteiger partial charge in [-0.25, -0.2) is 9.59 Å². The zero-order chi connectivity index (χ0) is 21.1. The van der Waals surface area contributed by atoms with Crippen molar-refractivity contribution in [3.8, 4) is 5.75 Å². The predicted molar refractivity (Wildman–Crippen MR) is 111 cm³/mol. The van der Waals surface area contributed by atoms with Crippen molar-refractivity contribution in [1.82, 2.24) is 0 Å². The van der Waals surface area contributed by atoms with Crippen LogP contribution in [0.5, 0.6) is 5.75 Å². The van der Waals surface area contributed by atoms with Crippen molar-refractivity contribution in [2.24, 2.45) is 0 Å². The number of carbonyl (C=O) groups excluding carboxylic acids is 2. The van der Waals surface area contributed by atoms with Crippen LogP contribution in [-0.2, 0) is 19.1 Å². The average molecular weight is 429 g/mol. The normalized spacial score (nSPS) is 12.2. The highest BCUT2D eigenvalue weighted by Gasteiger charge is 2.22. The lowest BCUT2D eigenvalue weighted by molar-refractivity contribution is -0.148. The smallest absolute Gasteiger partial charge is 0.345 e. The van der Waals surface area contributed by atoms with Gasteiger partial charge in [0.05, 0.1) is 12.1 Å². The van der Waals surface area contributed by atoms with E-state index in [4.69, 9.17) is 37.4 Å². The third-order valence-corrected chi connectivity index (χ3v) is 4.38. The van der Waals surface area contributed by atoms with Gasteiger partial charge in [0.2, 0.25) is 0 Å². The summed E-state index contributed by atoms with van der Waals surface area (Å²) in [4.78, 5) is 24.0.